The van der Waals surface area contributed by atoms with E-state index in [0.29, 0.717) is 13.0 Å². The fraction of sp³-hybridized carbons (Fsp3) is 0.409. The van der Waals surface area contributed by atoms with Gasteiger partial charge in [0.15, 0.2) is 0 Å². The summed E-state index contributed by atoms with van der Waals surface area (Å²) in [6, 6.07) is 18.3. The number of carbonyl (C=O) groups is 1. The summed E-state index contributed by atoms with van der Waals surface area (Å²) in [7, 11) is 1.67. The third-order valence-electron chi connectivity index (χ3n) is 4.94. The summed E-state index contributed by atoms with van der Waals surface area (Å²) in [5.41, 5.74) is 2.34. The molecule has 0 radical (unpaired) electrons. The van der Waals surface area contributed by atoms with Gasteiger partial charge in [-0.1, -0.05) is 42.5 Å². The zero-order valence-electron chi connectivity index (χ0n) is 15.9. The number of carbonyl (C=O) groups excluding carboxylic acids is 1. The summed E-state index contributed by atoms with van der Waals surface area (Å²) < 4.78 is 10.9. The molecular weight excluding hydrogens is 340 g/mol. The van der Waals surface area contributed by atoms with Crippen LogP contribution in [-0.2, 0) is 16.0 Å². The fourth-order valence-electron chi connectivity index (χ4n) is 3.40. The second-order valence-electron chi connectivity index (χ2n) is 6.73. The molecule has 1 fully saturated rings. The molecule has 27 heavy (non-hydrogen) atoms. The molecule has 0 aliphatic carbocycles. The highest BCUT2D eigenvalue weighted by molar-refractivity contribution is 5.76. The van der Waals surface area contributed by atoms with Crippen molar-refractivity contribution in [2.45, 2.75) is 18.9 Å². The summed E-state index contributed by atoms with van der Waals surface area (Å²) in [4.78, 5) is 14.7. The summed E-state index contributed by atoms with van der Waals surface area (Å²) in [5, 5.41) is 3.12. The van der Waals surface area contributed by atoms with Crippen LogP contribution in [0.1, 0.15) is 23.6 Å². The Kier molecular flexibility index (Phi) is 7.25. The second-order valence-corrected chi connectivity index (χ2v) is 6.73. The zero-order valence-corrected chi connectivity index (χ0v) is 15.9. The van der Waals surface area contributed by atoms with E-state index in [2.05, 4.69) is 34.5 Å². The predicted molar refractivity (Wildman–Crippen MR) is 106 cm³/mol. The minimum absolute atomic E-state index is 0.0833. The van der Waals surface area contributed by atoms with E-state index in [1.54, 1.807) is 7.11 Å². The van der Waals surface area contributed by atoms with E-state index in [-0.39, 0.29) is 11.9 Å². The minimum atomic E-state index is 0.0833. The molecule has 1 saturated heterocycles. The van der Waals surface area contributed by atoms with Crippen LogP contribution in [0, 0.1) is 0 Å². The van der Waals surface area contributed by atoms with E-state index >= 15 is 0 Å². The molecule has 0 bridgehead atoms. The van der Waals surface area contributed by atoms with Gasteiger partial charge in [0.05, 0.1) is 26.4 Å². The highest BCUT2D eigenvalue weighted by Gasteiger charge is 2.23. The number of benzene rings is 2. The van der Waals surface area contributed by atoms with Gasteiger partial charge in [0.1, 0.15) is 5.75 Å². The van der Waals surface area contributed by atoms with Gasteiger partial charge >= 0.3 is 0 Å². The van der Waals surface area contributed by atoms with Gasteiger partial charge in [-0.15, -0.1) is 0 Å². The van der Waals surface area contributed by atoms with Crippen molar-refractivity contribution in [3.63, 3.8) is 0 Å². The summed E-state index contributed by atoms with van der Waals surface area (Å²) in [6.07, 6.45) is 1.26. The Morgan fingerprint density at radius 1 is 1.15 bits per heavy atom. The van der Waals surface area contributed by atoms with Crippen molar-refractivity contribution in [2.75, 3.05) is 40.0 Å². The predicted octanol–water partition coefficient (Wildman–Crippen LogP) is 2.82. The monoisotopic (exact) mass is 368 g/mol. The molecule has 5 heteroatoms. The number of aryl methyl sites for hydroxylation is 1. The molecule has 3 rings (SSSR count). The van der Waals surface area contributed by atoms with Gasteiger partial charge < -0.3 is 14.8 Å². The average molecular weight is 368 g/mol. The lowest BCUT2D eigenvalue weighted by Crippen LogP contribution is -2.43. The summed E-state index contributed by atoms with van der Waals surface area (Å²) in [6.45, 7) is 3.76. The number of nitrogens with zero attached hydrogens (tertiary/aromatic N) is 1. The molecular formula is C22H28N2O3. The molecule has 144 valence electrons. The average Bonchev–Trinajstić information content (AvgIpc) is 2.74. The SMILES string of the molecule is COc1cccc([C@@H](CNC(=O)CCc2ccccc2)N2CCOCC2)c1. The Morgan fingerprint density at radius 3 is 2.67 bits per heavy atom. The lowest BCUT2D eigenvalue weighted by molar-refractivity contribution is -0.121. The number of ether oxygens (including phenoxy) is 2. The van der Waals surface area contributed by atoms with Crippen LogP contribution in [0.3, 0.4) is 0 Å². The number of hydrogen-bond donors (Lipinski definition) is 1. The third kappa shape index (κ3) is 5.81. The quantitative estimate of drug-likeness (QED) is 0.778. The van der Waals surface area contributed by atoms with Crippen LogP contribution in [0.15, 0.2) is 54.6 Å². The van der Waals surface area contributed by atoms with Gasteiger partial charge in [0, 0.05) is 26.1 Å². The van der Waals surface area contributed by atoms with Gasteiger partial charge in [-0.2, -0.15) is 0 Å². The van der Waals surface area contributed by atoms with E-state index in [0.717, 1.165) is 44.0 Å². The van der Waals surface area contributed by atoms with Gasteiger partial charge in [-0.05, 0) is 29.7 Å². The van der Waals surface area contributed by atoms with E-state index < -0.39 is 0 Å². The maximum atomic E-state index is 12.4. The molecule has 2 aromatic rings. The molecule has 1 aliphatic heterocycles. The summed E-state index contributed by atoms with van der Waals surface area (Å²) >= 11 is 0. The number of amides is 1. The molecule has 1 N–H and O–H groups in total. The van der Waals surface area contributed by atoms with Crippen LogP contribution in [-0.4, -0.2) is 50.8 Å². The van der Waals surface area contributed by atoms with Crippen molar-refractivity contribution in [1.82, 2.24) is 10.2 Å². The molecule has 1 atom stereocenters. The smallest absolute Gasteiger partial charge is 0.220 e. The Bertz CT molecular complexity index is 715. The number of hydrogen-bond acceptors (Lipinski definition) is 4. The van der Waals surface area contributed by atoms with Crippen LogP contribution in [0.5, 0.6) is 5.75 Å². The van der Waals surface area contributed by atoms with Crippen LogP contribution in [0.4, 0.5) is 0 Å². The van der Waals surface area contributed by atoms with Crippen LogP contribution in [0.25, 0.3) is 0 Å². The highest BCUT2D eigenvalue weighted by Crippen LogP contribution is 2.24. The van der Waals surface area contributed by atoms with Gasteiger partial charge in [-0.3, -0.25) is 9.69 Å². The Balaban J connectivity index is 1.61. The Labute approximate surface area is 161 Å². The minimum Gasteiger partial charge on any atom is -0.497 e. The number of rotatable bonds is 8. The van der Waals surface area contributed by atoms with E-state index in [1.807, 2.05) is 30.3 Å². The maximum Gasteiger partial charge on any atom is 0.220 e. The highest BCUT2D eigenvalue weighted by atomic mass is 16.5. The second kappa shape index (κ2) is 10.1. The van der Waals surface area contributed by atoms with Crippen molar-refractivity contribution in [1.29, 1.82) is 0 Å². The van der Waals surface area contributed by atoms with Crippen molar-refractivity contribution >= 4 is 5.91 Å². The topological polar surface area (TPSA) is 50.8 Å². The van der Waals surface area contributed by atoms with E-state index in [1.165, 1.54) is 5.56 Å². The van der Waals surface area contributed by atoms with E-state index in [4.69, 9.17) is 9.47 Å². The Morgan fingerprint density at radius 2 is 1.93 bits per heavy atom. The fourth-order valence-corrected chi connectivity index (χ4v) is 3.40. The number of morpholine rings is 1. The van der Waals surface area contributed by atoms with Gasteiger partial charge in [-0.25, -0.2) is 0 Å². The first kappa shape index (κ1) is 19.4. The maximum absolute atomic E-state index is 12.4. The molecule has 0 unspecified atom stereocenters. The first-order valence-corrected chi connectivity index (χ1v) is 9.52. The molecule has 0 saturated carbocycles. The third-order valence-corrected chi connectivity index (χ3v) is 4.94. The molecule has 0 aromatic heterocycles. The lowest BCUT2D eigenvalue weighted by atomic mass is 10.0. The van der Waals surface area contributed by atoms with Crippen molar-refractivity contribution < 1.29 is 14.3 Å². The molecule has 0 spiro atoms. The molecule has 1 heterocycles. The number of nitrogens with one attached hydrogen (secondary N) is 1. The van der Waals surface area contributed by atoms with E-state index in [9.17, 15) is 4.79 Å². The lowest BCUT2D eigenvalue weighted by Gasteiger charge is -2.35. The summed E-state index contributed by atoms with van der Waals surface area (Å²) in [5.74, 6) is 0.918. The van der Waals surface area contributed by atoms with Crippen LogP contribution < -0.4 is 10.1 Å². The first-order valence-electron chi connectivity index (χ1n) is 9.52. The van der Waals surface area contributed by atoms with Gasteiger partial charge in [0.2, 0.25) is 5.91 Å². The standard InChI is InChI=1S/C22H28N2O3/c1-26-20-9-5-8-19(16-20)21(24-12-14-27-15-13-24)17-23-22(25)11-10-18-6-3-2-4-7-18/h2-9,16,21H,10-15,17H2,1H3,(H,23,25)/t21-/m1/s1. The molecule has 5 nitrogen and oxygen atoms in total. The molecule has 1 amide bonds. The van der Waals surface area contributed by atoms with Crippen molar-refractivity contribution in [3.05, 3.63) is 65.7 Å². The van der Waals surface area contributed by atoms with Crippen LogP contribution >= 0.6 is 0 Å². The number of methoxy groups -OCH3 is 1. The van der Waals surface area contributed by atoms with Crippen molar-refractivity contribution in [2.24, 2.45) is 0 Å². The largest absolute Gasteiger partial charge is 0.497 e. The first-order chi connectivity index (χ1) is 13.3. The van der Waals surface area contributed by atoms with Gasteiger partial charge in [0.25, 0.3) is 0 Å². The Hall–Kier alpha value is -2.37. The van der Waals surface area contributed by atoms with Crippen LogP contribution in [0.2, 0.25) is 0 Å². The normalized spacial score (nSPS) is 15.9. The van der Waals surface area contributed by atoms with Crippen molar-refractivity contribution in [3.8, 4) is 5.75 Å². The molecule has 2 aromatic carbocycles. The zero-order chi connectivity index (χ0) is 18.9. The molecule has 1 aliphatic rings.